The van der Waals surface area contributed by atoms with E-state index < -0.39 is 6.10 Å². The molecular weight excluding hydrogens is 200 g/mol. The monoisotopic (exact) mass is 214 g/mol. The zero-order valence-corrected chi connectivity index (χ0v) is 9.38. The number of rotatable bonds is 3. The number of hydrogen-bond donors (Lipinski definition) is 1. The summed E-state index contributed by atoms with van der Waals surface area (Å²) >= 11 is 5.83. The standard InChI is InChI=1S/C11H15ClO2/c1-7(2)14-11-5-4-9(12)6-10(11)8(3)13/h4-8,13H,1-3H3/t8-/m1/s1. The molecule has 0 aliphatic heterocycles. The van der Waals surface area contributed by atoms with Crippen LogP contribution in [0.2, 0.25) is 5.02 Å². The molecule has 0 saturated heterocycles. The van der Waals surface area contributed by atoms with Gasteiger partial charge in [-0.2, -0.15) is 0 Å². The Hall–Kier alpha value is -0.730. The summed E-state index contributed by atoms with van der Waals surface area (Å²) in [6, 6.07) is 5.26. The summed E-state index contributed by atoms with van der Waals surface area (Å²) in [5.41, 5.74) is 0.728. The van der Waals surface area contributed by atoms with E-state index in [9.17, 15) is 5.11 Å². The van der Waals surface area contributed by atoms with Crippen LogP contribution in [0.4, 0.5) is 0 Å². The van der Waals surface area contributed by atoms with Crippen molar-refractivity contribution in [3.05, 3.63) is 28.8 Å². The molecule has 0 spiro atoms. The zero-order valence-electron chi connectivity index (χ0n) is 8.62. The fourth-order valence-electron chi connectivity index (χ4n) is 1.21. The van der Waals surface area contributed by atoms with Gasteiger partial charge in [0.05, 0.1) is 12.2 Å². The van der Waals surface area contributed by atoms with E-state index in [1.54, 1.807) is 25.1 Å². The first-order valence-corrected chi connectivity index (χ1v) is 5.02. The smallest absolute Gasteiger partial charge is 0.125 e. The number of ether oxygens (including phenoxy) is 1. The third kappa shape index (κ3) is 2.89. The maximum atomic E-state index is 9.50. The summed E-state index contributed by atoms with van der Waals surface area (Å²) in [4.78, 5) is 0. The quantitative estimate of drug-likeness (QED) is 0.838. The molecule has 0 fully saturated rings. The largest absolute Gasteiger partial charge is 0.491 e. The Balaban J connectivity index is 3.02. The van der Waals surface area contributed by atoms with Crippen LogP contribution < -0.4 is 4.74 Å². The van der Waals surface area contributed by atoms with Crippen LogP contribution in [0.25, 0.3) is 0 Å². The van der Waals surface area contributed by atoms with E-state index in [0.29, 0.717) is 10.8 Å². The molecule has 1 aromatic rings. The lowest BCUT2D eigenvalue weighted by Gasteiger charge is -2.16. The van der Waals surface area contributed by atoms with Crippen molar-refractivity contribution in [1.29, 1.82) is 0 Å². The van der Waals surface area contributed by atoms with Gasteiger partial charge < -0.3 is 9.84 Å². The number of halogens is 1. The minimum absolute atomic E-state index is 0.0914. The van der Waals surface area contributed by atoms with Crippen LogP contribution in [-0.4, -0.2) is 11.2 Å². The first-order chi connectivity index (χ1) is 6.50. The predicted octanol–water partition coefficient (Wildman–Crippen LogP) is 3.18. The molecule has 3 heteroatoms. The van der Waals surface area contributed by atoms with Gasteiger partial charge in [0, 0.05) is 10.6 Å². The van der Waals surface area contributed by atoms with E-state index >= 15 is 0 Å². The molecule has 0 saturated carbocycles. The van der Waals surface area contributed by atoms with Crippen LogP contribution in [0, 0.1) is 0 Å². The van der Waals surface area contributed by atoms with Gasteiger partial charge in [0.15, 0.2) is 0 Å². The summed E-state index contributed by atoms with van der Waals surface area (Å²) in [5.74, 6) is 0.694. The third-order valence-corrected chi connectivity index (χ3v) is 2.02. The van der Waals surface area contributed by atoms with E-state index in [2.05, 4.69) is 0 Å². The van der Waals surface area contributed by atoms with Crippen LogP contribution in [0.3, 0.4) is 0 Å². The van der Waals surface area contributed by atoms with Crippen LogP contribution in [0.1, 0.15) is 32.4 Å². The average Bonchev–Trinajstić information content (AvgIpc) is 2.07. The Morgan fingerprint density at radius 1 is 1.29 bits per heavy atom. The predicted molar refractivity (Wildman–Crippen MR) is 57.8 cm³/mol. The molecular formula is C11H15ClO2. The molecule has 1 N–H and O–H groups in total. The molecule has 0 radical (unpaired) electrons. The Kier molecular flexibility index (Phi) is 3.78. The van der Waals surface area contributed by atoms with E-state index in [1.165, 1.54) is 0 Å². The van der Waals surface area contributed by atoms with Gasteiger partial charge >= 0.3 is 0 Å². The fourth-order valence-corrected chi connectivity index (χ4v) is 1.39. The second-order valence-electron chi connectivity index (χ2n) is 3.52. The molecule has 0 aliphatic rings. The summed E-state index contributed by atoms with van der Waals surface area (Å²) in [6.07, 6.45) is -0.476. The Morgan fingerprint density at radius 3 is 2.43 bits per heavy atom. The Morgan fingerprint density at radius 2 is 1.93 bits per heavy atom. The topological polar surface area (TPSA) is 29.5 Å². The molecule has 0 amide bonds. The van der Waals surface area contributed by atoms with Gasteiger partial charge in [-0.25, -0.2) is 0 Å². The molecule has 0 aliphatic carbocycles. The molecule has 0 aromatic heterocycles. The highest BCUT2D eigenvalue weighted by atomic mass is 35.5. The van der Waals surface area contributed by atoms with Crippen LogP contribution in [0.5, 0.6) is 5.75 Å². The van der Waals surface area contributed by atoms with Crippen molar-refractivity contribution in [2.24, 2.45) is 0 Å². The molecule has 14 heavy (non-hydrogen) atoms. The van der Waals surface area contributed by atoms with Gasteiger partial charge in [0.2, 0.25) is 0 Å². The van der Waals surface area contributed by atoms with Gasteiger partial charge in [-0.3, -0.25) is 0 Å². The normalized spacial score (nSPS) is 13.0. The molecule has 0 unspecified atom stereocenters. The summed E-state index contributed by atoms with van der Waals surface area (Å²) in [6.45, 7) is 5.58. The lowest BCUT2D eigenvalue weighted by Crippen LogP contribution is -2.08. The number of aliphatic hydroxyl groups is 1. The van der Waals surface area contributed by atoms with Gasteiger partial charge in [-0.15, -0.1) is 0 Å². The van der Waals surface area contributed by atoms with Crippen LogP contribution >= 0.6 is 11.6 Å². The highest BCUT2D eigenvalue weighted by Gasteiger charge is 2.10. The van der Waals surface area contributed by atoms with Gasteiger partial charge in [0.25, 0.3) is 0 Å². The lowest BCUT2D eigenvalue weighted by molar-refractivity contribution is 0.183. The minimum atomic E-state index is -0.567. The van der Waals surface area contributed by atoms with Gasteiger partial charge in [-0.1, -0.05) is 11.6 Å². The first-order valence-electron chi connectivity index (χ1n) is 4.65. The fraction of sp³-hybridized carbons (Fsp3) is 0.455. The van der Waals surface area contributed by atoms with Crippen LogP contribution in [0.15, 0.2) is 18.2 Å². The third-order valence-electron chi connectivity index (χ3n) is 1.78. The molecule has 78 valence electrons. The van der Waals surface area contributed by atoms with E-state index in [-0.39, 0.29) is 6.10 Å². The summed E-state index contributed by atoms with van der Waals surface area (Å²) in [7, 11) is 0. The van der Waals surface area contributed by atoms with Gasteiger partial charge in [-0.05, 0) is 39.0 Å². The molecule has 0 heterocycles. The highest BCUT2D eigenvalue weighted by molar-refractivity contribution is 6.30. The van der Waals surface area contributed by atoms with Crippen LogP contribution in [-0.2, 0) is 0 Å². The SMILES string of the molecule is CC(C)Oc1ccc(Cl)cc1[C@@H](C)O. The van der Waals surface area contributed by atoms with Crippen molar-refractivity contribution in [3.63, 3.8) is 0 Å². The first kappa shape index (κ1) is 11.3. The van der Waals surface area contributed by atoms with Crippen molar-refractivity contribution >= 4 is 11.6 Å². The van der Waals surface area contributed by atoms with E-state index in [1.807, 2.05) is 13.8 Å². The van der Waals surface area contributed by atoms with Crippen molar-refractivity contribution in [1.82, 2.24) is 0 Å². The molecule has 0 bridgehead atoms. The minimum Gasteiger partial charge on any atom is -0.491 e. The molecule has 2 nitrogen and oxygen atoms in total. The van der Waals surface area contributed by atoms with Crippen molar-refractivity contribution in [2.75, 3.05) is 0 Å². The lowest BCUT2D eigenvalue weighted by atomic mass is 10.1. The van der Waals surface area contributed by atoms with E-state index in [4.69, 9.17) is 16.3 Å². The second kappa shape index (κ2) is 4.67. The number of aliphatic hydroxyl groups excluding tert-OH is 1. The maximum absolute atomic E-state index is 9.50. The Labute approximate surface area is 89.5 Å². The van der Waals surface area contributed by atoms with E-state index in [0.717, 1.165) is 5.56 Å². The molecule has 1 aromatic carbocycles. The summed E-state index contributed by atoms with van der Waals surface area (Å²) in [5, 5.41) is 10.1. The number of benzene rings is 1. The molecule has 1 rings (SSSR count). The van der Waals surface area contributed by atoms with Crippen molar-refractivity contribution in [2.45, 2.75) is 33.0 Å². The second-order valence-corrected chi connectivity index (χ2v) is 3.96. The average molecular weight is 215 g/mol. The Bertz CT molecular complexity index is 308. The van der Waals surface area contributed by atoms with Crippen molar-refractivity contribution in [3.8, 4) is 5.75 Å². The van der Waals surface area contributed by atoms with Gasteiger partial charge in [0.1, 0.15) is 5.75 Å². The number of hydrogen-bond acceptors (Lipinski definition) is 2. The van der Waals surface area contributed by atoms with Crippen molar-refractivity contribution < 1.29 is 9.84 Å². The highest BCUT2D eigenvalue weighted by Crippen LogP contribution is 2.28. The molecule has 1 atom stereocenters. The maximum Gasteiger partial charge on any atom is 0.125 e. The summed E-state index contributed by atoms with van der Waals surface area (Å²) < 4.78 is 5.54. The zero-order chi connectivity index (χ0) is 10.7.